The Labute approximate surface area is 234 Å². The first-order valence-corrected chi connectivity index (χ1v) is 15.8. The Kier molecular flexibility index (Phi) is 8.70. The van der Waals surface area contributed by atoms with Crippen molar-refractivity contribution in [3.8, 4) is 5.75 Å². The number of anilines is 5. The first-order valence-electron chi connectivity index (χ1n) is 13.2. The summed E-state index contributed by atoms with van der Waals surface area (Å²) < 4.78 is 31.7. The number of ether oxygens (including phenoxy) is 1. The number of alkyl halides is 2. The molecule has 7 nitrogen and oxygen atoms in total. The van der Waals surface area contributed by atoms with Gasteiger partial charge in [-0.2, -0.15) is 13.8 Å². The van der Waals surface area contributed by atoms with E-state index in [0.29, 0.717) is 21.9 Å². The van der Waals surface area contributed by atoms with Crippen molar-refractivity contribution in [3.63, 3.8) is 0 Å². The van der Waals surface area contributed by atoms with Gasteiger partial charge >= 0.3 is 6.61 Å². The van der Waals surface area contributed by atoms with E-state index in [-0.39, 0.29) is 19.6 Å². The van der Waals surface area contributed by atoms with Crippen molar-refractivity contribution < 1.29 is 13.5 Å². The molecule has 0 aliphatic carbocycles. The van der Waals surface area contributed by atoms with Crippen molar-refractivity contribution in [2.45, 2.75) is 32.3 Å². The first kappa shape index (κ1) is 27.8. The molecule has 2 aliphatic heterocycles. The Hall–Kier alpha value is -2.74. The van der Waals surface area contributed by atoms with E-state index in [1.807, 2.05) is 24.3 Å². The monoisotopic (exact) mass is 574 g/mol. The molecule has 0 saturated carbocycles. The van der Waals surface area contributed by atoms with Gasteiger partial charge in [0.05, 0.1) is 11.9 Å². The smallest absolute Gasteiger partial charge is 0.387 e. The van der Waals surface area contributed by atoms with Gasteiger partial charge in [-0.15, -0.1) is 0 Å². The summed E-state index contributed by atoms with van der Waals surface area (Å²) in [7, 11) is -0.356. The number of nitrogens with one attached hydrogen (secondary N) is 3. The largest absolute Gasteiger partial charge is 0.433 e. The minimum Gasteiger partial charge on any atom is -0.433 e. The summed E-state index contributed by atoms with van der Waals surface area (Å²) in [6, 6.07) is 13.3. The second-order valence-electron chi connectivity index (χ2n) is 10.3. The minimum atomic E-state index is -2.96. The van der Waals surface area contributed by atoms with Gasteiger partial charge in [-0.25, -0.2) is 4.98 Å². The van der Waals surface area contributed by atoms with Crippen LogP contribution >= 0.6 is 19.5 Å². The van der Waals surface area contributed by atoms with E-state index in [0.717, 1.165) is 50.4 Å². The molecule has 208 valence electrons. The lowest BCUT2D eigenvalue weighted by molar-refractivity contribution is -0.0493. The molecule has 2 aromatic carbocycles. The fourth-order valence-electron chi connectivity index (χ4n) is 5.43. The number of para-hydroxylation sites is 1. The fraction of sp³-hybridized carbons (Fsp3) is 0.429. The summed E-state index contributed by atoms with van der Waals surface area (Å²) in [5.41, 5.74) is 2.54. The SMILES string of the molecule is CP(C)c1ccccc1Nc1nc(Nc2ccc(N3CCC4(CCNCC4)CC3)cc2OC(F)F)ncc1Cl. The van der Waals surface area contributed by atoms with Gasteiger partial charge in [0.15, 0.2) is 11.6 Å². The Morgan fingerprint density at radius 1 is 1.03 bits per heavy atom. The lowest BCUT2D eigenvalue weighted by Crippen LogP contribution is -2.45. The molecule has 2 saturated heterocycles. The van der Waals surface area contributed by atoms with Gasteiger partial charge in [-0.05, 0) is 81.0 Å². The number of halogens is 3. The number of hydrogen-bond acceptors (Lipinski definition) is 7. The highest BCUT2D eigenvalue weighted by Crippen LogP contribution is 2.42. The Balaban J connectivity index is 1.34. The Morgan fingerprint density at radius 2 is 1.77 bits per heavy atom. The van der Waals surface area contributed by atoms with Gasteiger partial charge in [0, 0.05) is 30.5 Å². The van der Waals surface area contributed by atoms with Crippen LogP contribution in [-0.4, -0.2) is 56.1 Å². The van der Waals surface area contributed by atoms with E-state index in [1.165, 1.54) is 24.3 Å². The molecule has 5 rings (SSSR count). The van der Waals surface area contributed by atoms with Crippen LogP contribution in [0.2, 0.25) is 5.02 Å². The number of piperidine rings is 2. The van der Waals surface area contributed by atoms with Crippen molar-refractivity contribution >= 4 is 53.7 Å². The molecule has 39 heavy (non-hydrogen) atoms. The van der Waals surface area contributed by atoms with Gasteiger partial charge in [0.2, 0.25) is 5.95 Å². The molecule has 0 atom stereocenters. The maximum atomic E-state index is 13.4. The van der Waals surface area contributed by atoms with Crippen molar-refractivity contribution in [2.75, 3.05) is 55.0 Å². The van der Waals surface area contributed by atoms with Crippen LogP contribution in [0.4, 0.5) is 37.6 Å². The molecule has 3 heterocycles. The van der Waals surface area contributed by atoms with Crippen molar-refractivity contribution in [1.29, 1.82) is 0 Å². The third kappa shape index (κ3) is 6.71. The van der Waals surface area contributed by atoms with Crippen molar-refractivity contribution in [1.82, 2.24) is 15.3 Å². The summed E-state index contributed by atoms with van der Waals surface area (Å²) in [5, 5.41) is 11.3. The van der Waals surface area contributed by atoms with Crippen LogP contribution in [0.25, 0.3) is 0 Å². The third-order valence-corrected chi connectivity index (χ3v) is 9.29. The van der Waals surface area contributed by atoms with Gasteiger partial charge in [0.1, 0.15) is 5.02 Å². The molecule has 2 fully saturated rings. The van der Waals surface area contributed by atoms with E-state index in [1.54, 1.807) is 12.1 Å². The van der Waals surface area contributed by atoms with Crippen LogP contribution in [0.3, 0.4) is 0 Å². The molecule has 0 bridgehead atoms. The average Bonchev–Trinajstić information content (AvgIpc) is 2.92. The molecule has 0 radical (unpaired) electrons. The van der Waals surface area contributed by atoms with Crippen LogP contribution in [0, 0.1) is 5.41 Å². The van der Waals surface area contributed by atoms with Crippen LogP contribution in [-0.2, 0) is 0 Å². The first-order chi connectivity index (χ1) is 18.8. The van der Waals surface area contributed by atoms with Gasteiger partial charge in [-0.1, -0.05) is 37.7 Å². The highest BCUT2D eigenvalue weighted by atomic mass is 35.5. The summed E-state index contributed by atoms with van der Waals surface area (Å²) in [5.74, 6) is 0.685. The van der Waals surface area contributed by atoms with Crippen LogP contribution < -0.4 is 30.9 Å². The summed E-state index contributed by atoms with van der Waals surface area (Å²) in [6.45, 7) is 5.33. The minimum absolute atomic E-state index is 0.0469. The van der Waals surface area contributed by atoms with Gasteiger partial charge < -0.3 is 25.6 Å². The summed E-state index contributed by atoms with van der Waals surface area (Å²) in [6.07, 6.45) is 6.09. The van der Waals surface area contributed by atoms with Crippen molar-refractivity contribution in [2.24, 2.45) is 5.41 Å². The molecule has 11 heteroatoms. The molecular weight excluding hydrogens is 541 g/mol. The second kappa shape index (κ2) is 12.2. The lowest BCUT2D eigenvalue weighted by Gasteiger charge is -2.45. The number of benzene rings is 2. The number of nitrogens with zero attached hydrogens (tertiary/aromatic N) is 3. The highest BCUT2D eigenvalue weighted by Gasteiger charge is 2.35. The zero-order chi connectivity index (χ0) is 27.4. The van der Waals surface area contributed by atoms with Crippen molar-refractivity contribution in [3.05, 3.63) is 53.7 Å². The summed E-state index contributed by atoms with van der Waals surface area (Å²) >= 11 is 6.40. The Bertz CT molecular complexity index is 1280. The molecule has 3 N–H and O–H groups in total. The molecule has 2 aliphatic rings. The van der Waals surface area contributed by atoms with Crippen LogP contribution in [0.15, 0.2) is 48.7 Å². The Morgan fingerprint density at radius 3 is 2.49 bits per heavy atom. The molecule has 0 unspecified atom stereocenters. The average molecular weight is 575 g/mol. The molecule has 1 aromatic heterocycles. The number of aromatic nitrogens is 2. The second-order valence-corrected chi connectivity index (χ2v) is 13.0. The zero-order valence-corrected chi connectivity index (χ0v) is 23.8. The maximum absolute atomic E-state index is 13.4. The van der Waals surface area contributed by atoms with E-state index in [4.69, 9.17) is 16.3 Å². The zero-order valence-electron chi connectivity index (χ0n) is 22.2. The van der Waals surface area contributed by atoms with E-state index >= 15 is 0 Å². The topological polar surface area (TPSA) is 74.3 Å². The van der Waals surface area contributed by atoms with Gasteiger partial charge in [0.25, 0.3) is 0 Å². The van der Waals surface area contributed by atoms with Crippen LogP contribution in [0.5, 0.6) is 5.75 Å². The van der Waals surface area contributed by atoms with Gasteiger partial charge in [-0.3, -0.25) is 0 Å². The lowest BCUT2D eigenvalue weighted by atomic mass is 9.71. The molecule has 1 spiro atoms. The molecule has 3 aromatic rings. The fourth-order valence-corrected chi connectivity index (χ4v) is 6.57. The maximum Gasteiger partial charge on any atom is 0.387 e. The van der Waals surface area contributed by atoms with E-state index < -0.39 is 6.61 Å². The van der Waals surface area contributed by atoms with E-state index in [2.05, 4.69) is 50.2 Å². The van der Waals surface area contributed by atoms with Crippen LogP contribution in [0.1, 0.15) is 25.7 Å². The standard InChI is InChI=1S/C28H34ClF2N6OP/c1-39(2)24-6-4-3-5-22(24)34-25-20(29)18-33-27(36-25)35-21-8-7-19(17-23(21)38-26(30)31)37-15-11-28(12-16-37)9-13-32-14-10-28/h3-8,17-18,26,32H,9-16H2,1-2H3,(H2,33,34,35,36). The molecule has 0 amide bonds. The summed E-state index contributed by atoms with van der Waals surface area (Å²) in [4.78, 5) is 11.0. The predicted octanol–water partition coefficient (Wildman–Crippen LogP) is 6.56. The quantitative estimate of drug-likeness (QED) is 0.263. The third-order valence-electron chi connectivity index (χ3n) is 7.66. The number of rotatable bonds is 8. The normalized spacial score (nSPS) is 17.1. The predicted molar refractivity (Wildman–Crippen MR) is 158 cm³/mol. The highest BCUT2D eigenvalue weighted by molar-refractivity contribution is 7.64. The number of hydrogen-bond donors (Lipinski definition) is 3. The van der Waals surface area contributed by atoms with E-state index in [9.17, 15) is 8.78 Å². The molecular formula is C28H34ClF2N6OP.